The minimum absolute atomic E-state index is 0.00894. The van der Waals surface area contributed by atoms with Gasteiger partial charge in [-0.25, -0.2) is 9.59 Å². The number of carboxylic acid groups (broad SMARTS) is 1. The van der Waals surface area contributed by atoms with E-state index in [4.69, 9.17) is 4.74 Å². The summed E-state index contributed by atoms with van der Waals surface area (Å²) in [5, 5.41) is 12.6. The standard InChI is InChI=1S/C28H32N2O5/c1-17-8-7-15-30(25(17)27(32)33)26(31)24(18-9-6-10-18)29-28(34)35-16-23-21-13-4-2-11-19(21)20-12-3-5-14-22(20)23/h2-5,11-14,17-18,23-25H,6-10,15-16H2,1H3,(H,29,34)(H,32,33). The Labute approximate surface area is 205 Å². The highest BCUT2D eigenvalue weighted by atomic mass is 16.5. The average molecular weight is 477 g/mol. The van der Waals surface area contributed by atoms with Gasteiger partial charge in [0.1, 0.15) is 18.7 Å². The van der Waals surface area contributed by atoms with E-state index in [0.717, 1.165) is 54.4 Å². The minimum Gasteiger partial charge on any atom is -0.480 e. The highest BCUT2D eigenvalue weighted by Crippen LogP contribution is 2.44. The van der Waals surface area contributed by atoms with Gasteiger partial charge >= 0.3 is 12.1 Å². The second-order valence-corrected chi connectivity index (χ2v) is 10.1. The number of nitrogens with one attached hydrogen (secondary N) is 1. The fourth-order valence-electron chi connectivity index (χ4n) is 5.91. The Balaban J connectivity index is 1.29. The zero-order valence-corrected chi connectivity index (χ0v) is 20.0. The zero-order chi connectivity index (χ0) is 24.5. The monoisotopic (exact) mass is 476 g/mol. The molecule has 1 saturated heterocycles. The summed E-state index contributed by atoms with van der Waals surface area (Å²) in [5.41, 5.74) is 4.55. The second kappa shape index (κ2) is 9.72. The first kappa shape index (κ1) is 23.4. The number of carbonyl (C=O) groups excluding carboxylic acids is 2. The van der Waals surface area contributed by atoms with Crippen LogP contribution in [0.15, 0.2) is 48.5 Å². The molecule has 3 aliphatic rings. The molecule has 0 bridgehead atoms. The summed E-state index contributed by atoms with van der Waals surface area (Å²) in [6.07, 6.45) is 3.57. The Kier molecular flexibility index (Phi) is 6.50. The Morgan fingerprint density at radius 1 is 1.00 bits per heavy atom. The molecule has 35 heavy (non-hydrogen) atoms. The molecule has 7 nitrogen and oxygen atoms in total. The number of benzene rings is 2. The molecule has 3 unspecified atom stereocenters. The molecule has 184 valence electrons. The number of amides is 2. The molecule has 7 heteroatoms. The van der Waals surface area contributed by atoms with Gasteiger partial charge in [0.25, 0.3) is 0 Å². The predicted octanol–water partition coefficient (Wildman–Crippen LogP) is 4.41. The van der Waals surface area contributed by atoms with Crippen LogP contribution in [0.4, 0.5) is 4.79 Å². The third-order valence-electron chi connectivity index (χ3n) is 7.97. The molecule has 0 aromatic heterocycles. The second-order valence-electron chi connectivity index (χ2n) is 10.1. The van der Waals surface area contributed by atoms with Gasteiger partial charge in [0.05, 0.1) is 0 Å². The Bertz CT molecular complexity index is 1080. The number of piperidine rings is 1. The normalized spacial score (nSPS) is 22.5. The molecular weight excluding hydrogens is 444 g/mol. The van der Waals surface area contributed by atoms with E-state index in [1.165, 1.54) is 4.90 Å². The molecule has 2 fully saturated rings. The van der Waals surface area contributed by atoms with E-state index in [2.05, 4.69) is 29.6 Å². The van der Waals surface area contributed by atoms with Crippen LogP contribution in [0, 0.1) is 11.8 Å². The van der Waals surface area contributed by atoms with Crippen LogP contribution in [-0.4, -0.2) is 53.2 Å². The van der Waals surface area contributed by atoms with E-state index in [0.29, 0.717) is 6.54 Å². The Morgan fingerprint density at radius 2 is 1.63 bits per heavy atom. The van der Waals surface area contributed by atoms with Crippen LogP contribution in [0.3, 0.4) is 0 Å². The van der Waals surface area contributed by atoms with Crippen LogP contribution in [0.5, 0.6) is 0 Å². The molecule has 2 amide bonds. The number of rotatable bonds is 6. The van der Waals surface area contributed by atoms with E-state index in [-0.39, 0.29) is 30.3 Å². The molecule has 2 aromatic carbocycles. The largest absolute Gasteiger partial charge is 0.480 e. The van der Waals surface area contributed by atoms with Gasteiger partial charge in [-0.15, -0.1) is 0 Å². The van der Waals surface area contributed by atoms with Gasteiger partial charge in [-0.05, 0) is 59.8 Å². The lowest BCUT2D eigenvalue weighted by atomic mass is 9.78. The number of aliphatic carboxylic acids is 1. The zero-order valence-electron chi connectivity index (χ0n) is 20.0. The molecule has 2 N–H and O–H groups in total. The summed E-state index contributed by atoms with van der Waals surface area (Å²) < 4.78 is 5.68. The van der Waals surface area contributed by atoms with Gasteiger partial charge in [0.15, 0.2) is 0 Å². The molecule has 1 aliphatic heterocycles. The molecular formula is C28H32N2O5. The third kappa shape index (κ3) is 4.40. The number of ether oxygens (including phenoxy) is 1. The van der Waals surface area contributed by atoms with Crippen molar-refractivity contribution in [3.8, 4) is 11.1 Å². The maximum absolute atomic E-state index is 13.5. The maximum atomic E-state index is 13.5. The summed E-state index contributed by atoms with van der Waals surface area (Å²) in [5.74, 6) is -1.47. The van der Waals surface area contributed by atoms with Gasteiger partial charge in [0.2, 0.25) is 5.91 Å². The van der Waals surface area contributed by atoms with Crippen molar-refractivity contribution < 1.29 is 24.2 Å². The summed E-state index contributed by atoms with van der Waals surface area (Å²) in [7, 11) is 0. The van der Waals surface area contributed by atoms with Crippen molar-refractivity contribution in [1.29, 1.82) is 0 Å². The van der Waals surface area contributed by atoms with Gasteiger partial charge in [-0.3, -0.25) is 4.79 Å². The number of alkyl carbamates (subject to hydrolysis) is 1. The fourth-order valence-corrected chi connectivity index (χ4v) is 5.91. The van der Waals surface area contributed by atoms with Gasteiger partial charge < -0.3 is 20.1 Å². The molecule has 1 saturated carbocycles. The lowest BCUT2D eigenvalue weighted by Gasteiger charge is -2.42. The number of carbonyl (C=O) groups is 3. The van der Waals surface area contributed by atoms with Gasteiger partial charge in [-0.1, -0.05) is 61.9 Å². The fraction of sp³-hybridized carbons (Fsp3) is 0.464. The topological polar surface area (TPSA) is 95.9 Å². The van der Waals surface area contributed by atoms with Crippen LogP contribution in [-0.2, 0) is 14.3 Å². The number of fused-ring (bicyclic) bond motifs is 3. The summed E-state index contributed by atoms with van der Waals surface area (Å²) >= 11 is 0. The molecule has 1 heterocycles. The first-order chi connectivity index (χ1) is 17.0. The molecule has 2 aromatic rings. The van der Waals surface area contributed by atoms with E-state index in [1.807, 2.05) is 31.2 Å². The van der Waals surface area contributed by atoms with Crippen LogP contribution < -0.4 is 5.32 Å². The SMILES string of the molecule is CC1CCCN(C(=O)C(NC(=O)OCC2c3ccccc3-c3ccccc32)C2CCC2)C1C(=O)O. The summed E-state index contributed by atoms with van der Waals surface area (Å²) in [4.78, 5) is 39.8. The Morgan fingerprint density at radius 3 is 2.20 bits per heavy atom. The number of likely N-dealkylation sites (tertiary alicyclic amines) is 1. The van der Waals surface area contributed by atoms with Crippen LogP contribution in [0.25, 0.3) is 11.1 Å². The maximum Gasteiger partial charge on any atom is 0.407 e. The van der Waals surface area contributed by atoms with Crippen LogP contribution in [0.1, 0.15) is 56.1 Å². The van der Waals surface area contributed by atoms with E-state index in [9.17, 15) is 19.5 Å². The van der Waals surface area contributed by atoms with Gasteiger partial charge in [0, 0.05) is 12.5 Å². The van der Waals surface area contributed by atoms with Crippen molar-refractivity contribution in [3.05, 3.63) is 59.7 Å². The van der Waals surface area contributed by atoms with Crippen molar-refractivity contribution in [2.45, 2.75) is 57.0 Å². The first-order valence-corrected chi connectivity index (χ1v) is 12.6. The number of nitrogens with zero attached hydrogens (tertiary/aromatic N) is 1. The van der Waals surface area contributed by atoms with Crippen molar-refractivity contribution in [2.24, 2.45) is 11.8 Å². The summed E-state index contributed by atoms with van der Waals surface area (Å²) in [6, 6.07) is 14.7. The highest BCUT2D eigenvalue weighted by Gasteiger charge is 2.43. The number of hydrogen-bond donors (Lipinski definition) is 2. The summed E-state index contributed by atoms with van der Waals surface area (Å²) in [6.45, 7) is 2.44. The predicted molar refractivity (Wildman–Crippen MR) is 131 cm³/mol. The lowest BCUT2D eigenvalue weighted by molar-refractivity contribution is -0.156. The molecule has 0 radical (unpaired) electrons. The number of carboxylic acids is 1. The van der Waals surface area contributed by atoms with Crippen molar-refractivity contribution in [2.75, 3.05) is 13.2 Å². The molecule has 3 atom stereocenters. The highest BCUT2D eigenvalue weighted by molar-refractivity contribution is 5.90. The molecule has 0 spiro atoms. The number of hydrogen-bond acceptors (Lipinski definition) is 4. The molecule has 2 aliphatic carbocycles. The van der Waals surface area contributed by atoms with E-state index in [1.54, 1.807) is 0 Å². The van der Waals surface area contributed by atoms with Crippen molar-refractivity contribution in [1.82, 2.24) is 10.2 Å². The van der Waals surface area contributed by atoms with Crippen LogP contribution >= 0.6 is 0 Å². The Hall–Kier alpha value is -3.35. The van der Waals surface area contributed by atoms with Crippen molar-refractivity contribution >= 4 is 18.0 Å². The smallest absolute Gasteiger partial charge is 0.407 e. The minimum atomic E-state index is -0.987. The average Bonchev–Trinajstić information content (AvgIpc) is 3.14. The van der Waals surface area contributed by atoms with Crippen LogP contribution in [0.2, 0.25) is 0 Å². The lowest BCUT2D eigenvalue weighted by Crippen LogP contribution is -2.60. The van der Waals surface area contributed by atoms with Crippen molar-refractivity contribution in [3.63, 3.8) is 0 Å². The third-order valence-corrected chi connectivity index (χ3v) is 7.97. The van der Waals surface area contributed by atoms with E-state index < -0.39 is 24.1 Å². The van der Waals surface area contributed by atoms with Gasteiger partial charge in [-0.2, -0.15) is 0 Å². The quantitative estimate of drug-likeness (QED) is 0.644. The first-order valence-electron chi connectivity index (χ1n) is 12.6. The van der Waals surface area contributed by atoms with E-state index >= 15 is 0 Å². The molecule has 5 rings (SSSR count).